The van der Waals surface area contributed by atoms with Crippen LogP contribution < -0.4 is 21.3 Å². The summed E-state index contributed by atoms with van der Waals surface area (Å²) in [4.78, 5) is 36.8. The van der Waals surface area contributed by atoms with Crippen LogP contribution >= 0.6 is 0 Å². The molecule has 0 bridgehead atoms. The minimum atomic E-state index is -0.354. The first-order valence-corrected chi connectivity index (χ1v) is 10.4. The van der Waals surface area contributed by atoms with Crippen molar-refractivity contribution in [1.29, 1.82) is 0 Å². The summed E-state index contributed by atoms with van der Waals surface area (Å²) in [6.45, 7) is 2.05. The summed E-state index contributed by atoms with van der Waals surface area (Å²) in [6.07, 6.45) is 0.908. The van der Waals surface area contributed by atoms with Gasteiger partial charge in [0, 0.05) is 34.2 Å². The lowest BCUT2D eigenvalue weighted by Gasteiger charge is -2.10. The average molecular weight is 428 g/mol. The lowest BCUT2D eigenvalue weighted by Crippen LogP contribution is -2.19. The molecule has 0 saturated heterocycles. The Bertz CT molecular complexity index is 1130. The van der Waals surface area contributed by atoms with Crippen molar-refractivity contribution in [3.8, 4) is 0 Å². The fourth-order valence-electron chi connectivity index (χ4n) is 3.32. The van der Waals surface area contributed by atoms with Crippen LogP contribution in [0.5, 0.6) is 0 Å². The van der Waals surface area contributed by atoms with E-state index in [2.05, 4.69) is 21.3 Å². The summed E-state index contributed by atoms with van der Waals surface area (Å²) in [7, 11) is 0. The Balaban J connectivity index is 1.32. The highest BCUT2D eigenvalue weighted by atomic mass is 16.2. The van der Waals surface area contributed by atoms with Crippen molar-refractivity contribution in [1.82, 2.24) is 0 Å². The van der Waals surface area contributed by atoms with Crippen molar-refractivity contribution < 1.29 is 14.4 Å². The van der Waals surface area contributed by atoms with Gasteiger partial charge in [0.15, 0.2) is 0 Å². The van der Waals surface area contributed by atoms with E-state index in [-0.39, 0.29) is 23.8 Å². The van der Waals surface area contributed by atoms with E-state index in [1.807, 2.05) is 25.1 Å². The molecule has 3 aromatic carbocycles. The van der Waals surface area contributed by atoms with Gasteiger partial charge in [0.2, 0.25) is 5.91 Å². The third-order valence-corrected chi connectivity index (χ3v) is 5.27. The SMILES string of the molecule is CC1CC1C(=O)Nc1cccc(C(=O)Nc2ccc(NC(=O)Nc3ccccc3)cc2)c1. The molecule has 7 heteroatoms. The van der Waals surface area contributed by atoms with Gasteiger partial charge in [0.05, 0.1) is 0 Å². The number of carbonyl (C=O) groups is 3. The van der Waals surface area contributed by atoms with Gasteiger partial charge in [-0.25, -0.2) is 4.79 Å². The number of hydrogen-bond donors (Lipinski definition) is 4. The van der Waals surface area contributed by atoms with Gasteiger partial charge in [0.25, 0.3) is 5.91 Å². The second-order valence-corrected chi connectivity index (χ2v) is 7.87. The van der Waals surface area contributed by atoms with Gasteiger partial charge in [-0.1, -0.05) is 31.2 Å². The molecular weight excluding hydrogens is 404 g/mol. The molecule has 0 spiro atoms. The van der Waals surface area contributed by atoms with Gasteiger partial charge in [-0.15, -0.1) is 0 Å². The van der Waals surface area contributed by atoms with Gasteiger partial charge in [-0.05, 0) is 66.9 Å². The molecule has 0 aromatic heterocycles. The van der Waals surface area contributed by atoms with Crippen LogP contribution in [-0.4, -0.2) is 17.8 Å². The summed E-state index contributed by atoms with van der Waals surface area (Å²) >= 11 is 0. The smallest absolute Gasteiger partial charge is 0.323 e. The highest BCUT2D eigenvalue weighted by Crippen LogP contribution is 2.38. The van der Waals surface area contributed by atoms with Gasteiger partial charge in [0.1, 0.15) is 0 Å². The predicted molar refractivity (Wildman–Crippen MR) is 126 cm³/mol. The molecular formula is C25H24N4O3. The Morgan fingerprint density at radius 1 is 0.688 bits per heavy atom. The molecule has 4 rings (SSSR count). The summed E-state index contributed by atoms with van der Waals surface area (Å²) in [5, 5.41) is 11.2. The van der Waals surface area contributed by atoms with Gasteiger partial charge < -0.3 is 21.3 Å². The first-order valence-electron chi connectivity index (χ1n) is 10.4. The van der Waals surface area contributed by atoms with Crippen molar-refractivity contribution in [3.05, 3.63) is 84.4 Å². The highest BCUT2D eigenvalue weighted by Gasteiger charge is 2.39. The molecule has 1 aliphatic rings. The first-order chi connectivity index (χ1) is 15.5. The second-order valence-electron chi connectivity index (χ2n) is 7.87. The van der Waals surface area contributed by atoms with Crippen molar-refractivity contribution in [2.75, 3.05) is 21.3 Å². The number of urea groups is 1. The third-order valence-electron chi connectivity index (χ3n) is 5.27. The van der Waals surface area contributed by atoms with Crippen molar-refractivity contribution in [2.24, 2.45) is 11.8 Å². The van der Waals surface area contributed by atoms with E-state index in [1.165, 1.54) is 0 Å². The minimum Gasteiger partial charge on any atom is -0.326 e. The molecule has 0 radical (unpaired) electrons. The Kier molecular flexibility index (Phi) is 6.17. The Morgan fingerprint density at radius 3 is 1.88 bits per heavy atom. The minimum absolute atomic E-state index is 0.00514. The zero-order chi connectivity index (χ0) is 22.5. The molecule has 4 N–H and O–H groups in total. The van der Waals surface area contributed by atoms with Crippen LogP contribution in [0.25, 0.3) is 0 Å². The molecule has 7 nitrogen and oxygen atoms in total. The maximum Gasteiger partial charge on any atom is 0.323 e. The van der Waals surface area contributed by atoms with Crippen molar-refractivity contribution in [2.45, 2.75) is 13.3 Å². The Morgan fingerprint density at radius 2 is 1.25 bits per heavy atom. The van der Waals surface area contributed by atoms with Crippen LogP contribution in [0.3, 0.4) is 0 Å². The maximum absolute atomic E-state index is 12.6. The molecule has 2 atom stereocenters. The standard InChI is InChI=1S/C25H24N4O3/c1-16-14-22(16)24(31)27-21-9-5-6-17(15-21)23(30)26-19-10-12-20(13-11-19)29-25(32)28-18-7-3-2-4-8-18/h2-13,15-16,22H,14H2,1H3,(H,26,30)(H,27,31)(H2,28,29,32). The van der Waals surface area contributed by atoms with E-state index in [0.717, 1.165) is 6.42 Å². The largest absolute Gasteiger partial charge is 0.326 e. The van der Waals surface area contributed by atoms with Crippen molar-refractivity contribution in [3.63, 3.8) is 0 Å². The van der Waals surface area contributed by atoms with Crippen LogP contribution in [-0.2, 0) is 4.79 Å². The zero-order valence-corrected chi connectivity index (χ0v) is 17.6. The predicted octanol–water partition coefficient (Wildman–Crippen LogP) is 5.18. The lowest BCUT2D eigenvalue weighted by molar-refractivity contribution is -0.117. The van der Waals surface area contributed by atoms with Crippen LogP contribution in [0, 0.1) is 11.8 Å². The summed E-state index contributed by atoms with van der Waals surface area (Å²) in [6, 6.07) is 22.4. The molecule has 4 amide bonds. The van der Waals surface area contributed by atoms with Gasteiger partial charge >= 0.3 is 6.03 Å². The number of para-hydroxylation sites is 1. The molecule has 162 valence electrons. The van der Waals surface area contributed by atoms with Gasteiger partial charge in [-0.2, -0.15) is 0 Å². The lowest BCUT2D eigenvalue weighted by atomic mass is 10.1. The quantitative estimate of drug-likeness (QED) is 0.435. The molecule has 0 heterocycles. The van der Waals surface area contributed by atoms with Crippen LogP contribution in [0.2, 0.25) is 0 Å². The summed E-state index contributed by atoms with van der Waals surface area (Å²) in [5.74, 6) is 0.190. The Hall–Kier alpha value is -4.13. The number of amides is 4. The van der Waals surface area contributed by atoms with E-state index in [1.54, 1.807) is 60.7 Å². The van der Waals surface area contributed by atoms with Crippen molar-refractivity contribution >= 4 is 40.6 Å². The number of benzene rings is 3. The van der Waals surface area contributed by atoms with Crippen LogP contribution in [0.15, 0.2) is 78.9 Å². The summed E-state index contributed by atoms with van der Waals surface area (Å²) in [5.41, 5.74) is 2.92. The normalized spacial score (nSPS) is 16.5. The van der Waals surface area contributed by atoms with E-state index in [9.17, 15) is 14.4 Å². The zero-order valence-electron chi connectivity index (χ0n) is 17.6. The topological polar surface area (TPSA) is 99.3 Å². The molecule has 1 fully saturated rings. The van der Waals surface area contributed by atoms with E-state index in [4.69, 9.17) is 0 Å². The monoisotopic (exact) mass is 428 g/mol. The number of anilines is 4. The van der Waals surface area contributed by atoms with Crippen LogP contribution in [0.1, 0.15) is 23.7 Å². The molecule has 3 aromatic rings. The number of carbonyl (C=O) groups excluding carboxylic acids is 3. The third kappa shape index (κ3) is 5.51. The fourth-order valence-corrected chi connectivity index (χ4v) is 3.32. The van der Waals surface area contributed by atoms with E-state index in [0.29, 0.717) is 34.2 Å². The first kappa shape index (κ1) is 21.1. The average Bonchev–Trinajstić information content (AvgIpc) is 3.53. The van der Waals surface area contributed by atoms with Crippen LogP contribution in [0.4, 0.5) is 27.5 Å². The summed E-state index contributed by atoms with van der Waals surface area (Å²) < 4.78 is 0. The molecule has 2 unspecified atom stereocenters. The molecule has 1 saturated carbocycles. The number of hydrogen-bond acceptors (Lipinski definition) is 3. The molecule has 1 aliphatic carbocycles. The number of nitrogens with one attached hydrogen (secondary N) is 4. The molecule has 32 heavy (non-hydrogen) atoms. The number of rotatable bonds is 6. The fraction of sp³-hybridized carbons (Fsp3) is 0.160. The second kappa shape index (κ2) is 9.34. The molecule has 0 aliphatic heterocycles. The Labute approximate surface area is 186 Å². The van der Waals surface area contributed by atoms with Gasteiger partial charge in [-0.3, -0.25) is 9.59 Å². The van der Waals surface area contributed by atoms with E-state index >= 15 is 0 Å². The van der Waals surface area contributed by atoms with E-state index < -0.39 is 0 Å². The maximum atomic E-state index is 12.6. The highest BCUT2D eigenvalue weighted by molar-refractivity contribution is 6.06.